The van der Waals surface area contributed by atoms with Gasteiger partial charge in [-0.15, -0.1) is 0 Å². The molecule has 0 atom stereocenters. The Morgan fingerprint density at radius 1 is 1.39 bits per heavy atom. The predicted molar refractivity (Wildman–Crippen MR) is 77.2 cm³/mol. The summed E-state index contributed by atoms with van der Waals surface area (Å²) in [6.07, 6.45) is 1.11. The number of methoxy groups -OCH3 is 1. The molecule has 0 aliphatic rings. The van der Waals surface area contributed by atoms with Gasteiger partial charge in [-0.3, -0.25) is 0 Å². The van der Waals surface area contributed by atoms with Crippen LogP contribution in [0.3, 0.4) is 0 Å². The molecule has 0 fully saturated rings. The molecule has 0 bridgehead atoms. The van der Waals surface area contributed by atoms with Crippen molar-refractivity contribution in [1.29, 1.82) is 0 Å². The highest BCUT2D eigenvalue weighted by Crippen LogP contribution is 2.35. The second-order valence-electron chi connectivity index (χ2n) is 4.46. The van der Waals surface area contributed by atoms with Gasteiger partial charge in [0.25, 0.3) is 0 Å². The van der Waals surface area contributed by atoms with Crippen LogP contribution in [-0.2, 0) is 6.54 Å². The zero-order valence-electron chi connectivity index (χ0n) is 11.2. The summed E-state index contributed by atoms with van der Waals surface area (Å²) in [5.74, 6) is 0.642. The van der Waals surface area contributed by atoms with Gasteiger partial charge in [-0.1, -0.05) is 0 Å². The van der Waals surface area contributed by atoms with Gasteiger partial charge in [0.15, 0.2) is 11.5 Å². The molecule has 5 heteroatoms. The van der Waals surface area contributed by atoms with Crippen molar-refractivity contribution < 1.29 is 9.84 Å². The summed E-state index contributed by atoms with van der Waals surface area (Å²) in [5, 5.41) is 13.1. The van der Waals surface area contributed by atoms with Crippen LogP contribution in [0.25, 0.3) is 0 Å². The van der Waals surface area contributed by atoms with Crippen LogP contribution in [0.1, 0.15) is 12.0 Å². The predicted octanol–water partition coefficient (Wildman–Crippen LogP) is 2.20. The zero-order chi connectivity index (χ0) is 13.5. The summed E-state index contributed by atoms with van der Waals surface area (Å²) in [6, 6.07) is 3.75. The Balaban J connectivity index is 2.45. The third kappa shape index (κ3) is 4.84. The Morgan fingerprint density at radius 2 is 2.11 bits per heavy atom. The van der Waals surface area contributed by atoms with Crippen molar-refractivity contribution in [3.63, 3.8) is 0 Å². The van der Waals surface area contributed by atoms with Crippen molar-refractivity contribution in [1.82, 2.24) is 10.2 Å². The SMILES string of the molecule is COc1cc(CNCCCN(C)C)cc(Br)c1O. The van der Waals surface area contributed by atoms with Crippen LogP contribution < -0.4 is 10.1 Å². The fourth-order valence-electron chi connectivity index (χ4n) is 1.64. The molecule has 0 saturated carbocycles. The molecule has 0 aliphatic carbocycles. The Labute approximate surface area is 117 Å². The minimum absolute atomic E-state index is 0.147. The van der Waals surface area contributed by atoms with Crippen LogP contribution >= 0.6 is 15.9 Å². The normalized spacial score (nSPS) is 10.9. The minimum atomic E-state index is 0.147. The van der Waals surface area contributed by atoms with Gasteiger partial charge >= 0.3 is 0 Å². The standard InChI is InChI=1S/C13H21BrN2O2/c1-16(2)6-4-5-15-9-10-7-11(14)13(17)12(8-10)18-3/h7-8,15,17H,4-6,9H2,1-3H3. The molecule has 18 heavy (non-hydrogen) atoms. The number of rotatable bonds is 7. The maximum absolute atomic E-state index is 9.69. The third-order valence-electron chi connectivity index (χ3n) is 2.60. The summed E-state index contributed by atoms with van der Waals surface area (Å²) in [4.78, 5) is 2.17. The fraction of sp³-hybridized carbons (Fsp3) is 0.538. The van der Waals surface area contributed by atoms with Crippen molar-refractivity contribution >= 4 is 15.9 Å². The molecule has 0 aliphatic heterocycles. The number of phenolic OH excluding ortho intramolecular Hbond substituents is 1. The summed E-state index contributed by atoms with van der Waals surface area (Å²) >= 11 is 3.31. The average Bonchev–Trinajstić information content (AvgIpc) is 2.32. The molecule has 0 amide bonds. The first-order chi connectivity index (χ1) is 8.54. The molecule has 1 aromatic rings. The van der Waals surface area contributed by atoms with Gasteiger partial charge in [-0.25, -0.2) is 0 Å². The summed E-state index contributed by atoms with van der Waals surface area (Å²) in [7, 11) is 5.69. The quantitative estimate of drug-likeness (QED) is 0.757. The number of nitrogens with zero attached hydrogens (tertiary/aromatic N) is 1. The topological polar surface area (TPSA) is 44.7 Å². The highest BCUT2D eigenvalue weighted by atomic mass is 79.9. The number of halogens is 1. The Kier molecular flexibility index (Phi) is 6.46. The van der Waals surface area contributed by atoms with Gasteiger partial charge in [0, 0.05) is 6.54 Å². The molecule has 4 nitrogen and oxygen atoms in total. The Bertz CT molecular complexity index is 383. The number of benzene rings is 1. The molecule has 0 radical (unpaired) electrons. The van der Waals surface area contributed by atoms with Gasteiger partial charge in [0.05, 0.1) is 11.6 Å². The maximum atomic E-state index is 9.69. The van der Waals surface area contributed by atoms with E-state index in [9.17, 15) is 5.11 Å². The number of hydrogen-bond acceptors (Lipinski definition) is 4. The lowest BCUT2D eigenvalue weighted by Gasteiger charge is -2.11. The van der Waals surface area contributed by atoms with E-state index in [4.69, 9.17) is 4.74 Å². The van der Waals surface area contributed by atoms with E-state index >= 15 is 0 Å². The van der Waals surface area contributed by atoms with Crippen LogP contribution in [0.5, 0.6) is 11.5 Å². The lowest BCUT2D eigenvalue weighted by molar-refractivity contribution is 0.371. The highest BCUT2D eigenvalue weighted by Gasteiger charge is 2.08. The van der Waals surface area contributed by atoms with Crippen LogP contribution in [-0.4, -0.2) is 44.3 Å². The van der Waals surface area contributed by atoms with Gasteiger partial charge < -0.3 is 20.1 Å². The number of ether oxygens (including phenoxy) is 1. The van der Waals surface area contributed by atoms with Crippen molar-refractivity contribution in [3.05, 3.63) is 22.2 Å². The third-order valence-corrected chi connectivity index (χ3v) is 3.20. The van der Waals surface area contributed by atoms with Crippen molar-refractivity contribution in [2.24, 2.45) is 0 Å². The molecule has 0 saturated heterocycles. The first kappa shape index (κ1) is 15.3. The Morgan fingerprint density at radius 3 is 2.72 bits per heavy atom. The van der Waals surface area contributed by atoms with Crippen molar-refractivity contribution in [2.45, 2.75) is 13.0 Å². The molecular formula is C13H21BrN2O2. The second kappa shape index (κ2) is 7.61. The van der Waals surface area contributed by atoms with E-state index < -0.39 is 0 Å². The number of hydrogen-bond donors (Lipinski definition) is 2. The van der Waals surface area contributed by atoms with Gasteiger partial charge in [0.1, 0.15) is 0 Å². The molecule has 0 aromatic heterocycles. The highest BCUT2D eigenvalue weighted by molar-refractivity contribution is 9.10. The average molecular weight is 317 g/mol. The van der Waals surface area contributed by atoms with Crippen molar-refractivity contribution in [2.75, 3.05) is 34.3 Å². The van der Waals surface area contributed by atoms with Crippen LogP contribution in [0, 0.1) is 0 Å². The molecule has 2 N–H and O–H groups in total. The lowest BCUT2D eigenvalue weighted by Crippen LogP contribution is -2.21. The summed E-state index contributed by atoms with van der Waals surface area (Å²) in [6.45, 7) is 2.82. The first-order valence-electron chi connectivity index (χ1n) is 5.95. The maximum Gasteiger partial charge on any atom is 0.172 e. The van der Waals surface area contributed by atoms with Crippen LogP contribution in [0.2, 0.25) is 0 Å². The summed E-state index contributed by atoms with van der Waals surface area (Å²) in [5.41, 5.74) is 1.08. The number of phenols is 1. The van der Waals surface area contributed by atoms with Gasteiger partial charge in [0.2, 0.25) is 0 Å². The van der Waals surface area contributed by atoms with Crippen LogP contribution in [0.15, 0.2) is 16.6 Å². The molecule has 1 rings (SSSR count). The van der Waals surface area contributed by atoms with Gasteiger partial charge in [-0.2, -0.15) is 0 Å². The minimum Gasteiger partial charge on any atom is -0.503 e. The molecule has 102 valence electrons. The molecule has 0 unspecified atom stereocenters. The van der Waals surface area contributed by atoms with E-state index in [1.165, 1.54) is 0 Å². The summed E-state index contributed by atoms with van der Waals surface area (Å²) < 4.78 is 5.77. The number of aromatic hydroxyl groups is 1. The zero-order valence-corrected chi connectivity index (χ0v) is 12.7. The van der Waals surface area contributed by atoms with E-state index in [0.717, 1.165) is 31.6 Å². The largest absolute Gasteiger partial charge is 0.503 e. The van der Waals surface area contributed by atoms with E-state index in [-0.39, 0.29) is 5.75 Å². The molecule has 0 spiro atoms. The lowest BCUT2D eigenvalue weighted by atomic mass is 10.2. The van der Waals surface area contributed by atoms with E-state index in [1.807, 2.05) is 12.1 Å². The monoisotopic (exact) mass is 316 g/mol. The van der Waals surface area contributed by atoms with E-state index in [1.54, 1.807) is 7.11 Å². The van der Waals surface area contributed by atoms with Crippen LogP contribution in [0.4, 0.5) is 0 Å². The first-order valence-corrected chi connectivity index (χ1v) is 6.74. The smallest absolute Gasteiger partial charge is 0.172 e. The second-order valence-corrected chi connectivity index (χ2v) is 5.32. The molecule has 0 heterocycles. The molecular weight excluding hydrogens is 296 g/mol. The number of nitrogens with one attached hydrogen (secondary N) is 1. The van der Waals surface area contributed by atoms with E-state index in [2.05, 4.69) is 40.2 Å². The van der Waals surface area contributed by atoms with E-state index in [0.29, 0.717) is 10.2 Å². The van der Waals surface area contributed by atoms with Crippen molar-refractivity contribution in [3.8, 4) is 11.5 Å². The Hall–Kier alpha value is -0.780. The molecule has 1 aromatic carbocycles. The van der Waals surface area contributed by atoms with Gasteiger partial charge in [-0.05, 0) is 67.2 Å². The fourth-order valence-corrected chi connectivity index (χ4v) is 2.13.